The van der Waals surface area contributed by atoms with E-state index in [1.165, 1.54) is 12.1 Å². The number of amidine groups is 1. The van der Waals surface area contributed by atoms with Gasteiger partial charge in [0.1, 0.15) is 17.4 Å². The highest BCUT2D eigenvalue weighted by atomic mass is 19.1. The third-order valence-corrected chi connectivity index (χ3v) is 1.96. The van der Waals surface area contributed by atoms with Crippen molar-refractivity contribution < 1.29 is 13.9 Å². The van der Waals surface area contributed by atoms with E-state index >= 15 is 0 Å². The molecule has 4 nitrogen and oxygen atoms in total. The second-order valence-corrected chi connectivity index (χ2v) is 2.97. The number of nitrogens with one attached hydrogen (secondary N) is 1. The highest BCUT2D eigenvalue weighted by Gasteiger charge is 2.18. The average Bonchev–Trinajstić information content (AvgIpc) is 2.16. The summed E-state index contributed by atoms with van der Waals surface area (Å²) in [6.07, 6.45) is 0. The van der Waals surface area contributed by atoms with Gasteiger partial charge < -0.3 is 15.2 Å². The van der Waals surface area contributed by atoms with Crippen molar-refractivity contribution in [3.63, 3.8) is 0 Å². The molecule has 1 aliphatic heterocycles. The zero-order valence-electron chi connectivity index (χ0n) is 7.34. The molecular formula is C9H9FN2O2. The normalized spacial score (nSPS) is 14.4. The monoisotopic (exact) mass is 196 g/mol. The van der Waals surface area contributed by atoms with Crippen LogP contribution < -0.4 is 10.5 Å². The van der Waals surface area contributed by atoms with Crippen LogP contribution in [0.1, 0.15) is 11.1 Å². The molecule has 1 aromatic carbocycles. The van der Waals surface area contributed by atoms with Gasteiger partial charge in [0, 0.05) is 5.56 Å². The Morgan fingerprint density at radius 1 is 1.50 bits per heavy atom. The number of rotatable bonds is 1. The van der Waals surface area contributed by atoms with Crippen LogP contribution in [0.3, 0.4) is 0 Å². The lowest BCUT2D eigenvalue weighted by Gasteiger charge is -2.20. The van der Waals surface area contributed by atoms with Crippen LogP contribution in [-0.2, 0) is 11.3 Å². The van der Waals surface area contributed by atoms with Crippen LogP contribution in [0.2, 0.25) is 0 Å². The Labute approximate surface area is 79.9 Å². The molecule has 0 atom stereocenters. The molecule has 2 rings (SSSR count). The van der Waals surface area contributed by atoms with Gasteiger partial charge in [0.2, 0.25) is 0 Å². The van der Waals surface area contributed by atoms with Crippen molar-refractivity contribution in [3.8, 4) is 5.75 Å². The molecule has 0 saturated heterocycles. The quantitative estimate of drug-likeness (QED) is 0.519. The standard InChI is InChI=1S/C9H9FN2O2/c10-6-1-5-3-13-4-14-8(5)7(2-6)9(11)12/h1-2H,3-4H2,(H3,11,12). The van der Waals surface area contributed by atoms with Crippen LogP contribution in [0.4, 0.5) is 4.39 Å². The van der Waals surface area contributed by atoms with Gasteiger partial charge in [0.25, 0.3) is 0 Å². The average molecular weight is 196 g/mol. The Hall–Kier alpha value is -1.62. The van der Waals surface area contributed by atoms with E-state index in [-0.39, 0.29) is 24.8 Å². The topological polar surface area (TPSA) is 68.3 Å². The van der Waals surface area contributed by atoms with E-state index < -0.39 is 5.82 Å². The summed E-state index contributed by atoms with van der Waals surface area (Å²) in [5.74, 6) is -0.198. The smallest absolute Gasteiger partial charge is 0.189 e. The van der Waals surface area contributed by atoms with Gasteiger partial charge in [-0.05, 0) is 12.1 Å². The van der Waals surface area contributed by atoms with Crippen molar-refractivity contribution in [1.29, 1.82) is 5.41 Å². The summed E-state index contributed by atoms with van der Waals surface area (Å²) in [7, 11) is 0. The number of benzene rings is 1. The van der Waals surface area contributed by atoms with E-state index in [0.717, 1.165) is 0 Å². The number of nitrogens with two attached hydrogens (primary N) is 1. The minimum absolute atomic E-state index is 0.110. The molecule has 0 bridgehead atoms. The Kier molecular flexibility index (Phi) is 2.09. The van der Waals surface area contributed by atoms with Crippen LogP contribution in [0, 0.1) is 11.2 Å². The third-order valence-electron chi connectivity index (χ3n) is 1.96. The first-order valence-electron chi connectivity index (χ1n) is 4.06. The number of halogens is 1. The van der Waals surface area contributed by atoms with Crippen LogP contribution in [0.25, 0.3) is 0 Å². The largest absolute Gasteiger partial charge is 0.466 e. The molecule has 0 unspecified atom stereocenters. The molecule has 0 aromatic heterocycles. The first-order chi connectivity index (χ1) is 6.68. The summed E-state index contributed by atoms with van der Waals surface area (Å²) in [4.78, 5) is 0. The van der Waals surface area contributed by atoms with Crippen LogP contribution in [0.15, 0.2) is 12.1 Å². The van der Waals surface area contributed by atoms with Crippen molar-refractivity contribution in [1.82, 2.24) is 0 Å². The van der Waals surface area contributed by atoms with E-state index in [4.69, 9.17) is 20.6 Å². The van der Waals surface area contributed by atoms with Gasteiger partial charge >= 0.3 is 0 Å². The minimum Gasteiger partial charge on any atom is -0.466 e. The Balaban J connectivity index is 2.58. The predicted octanol–water partition coefficient (Wildman–Crippen LogP) is 0.976. The zero-order valence-corrected chi connectivity index (χ0v) is 7.34. The molecule has 14 heavy (non-hydrogen) atoms. The Morgan fingerprint density at radius 3 is 3.00 bits per heavy atom. The molecule has 5 heteroatoms. The van der Waals surface area contributed by atoms with Crippen LogP contribution in [0.5, 0.6) is 5.75 Å². The molecule has 0 amide bonds. The third kappa shape index (κ3) is 1.42. The number of ether oxygens (including phenoxy) is 2. The molecule has 1 aliphatic rings. The molecule has 1 heterocycles. The predicted molar refractivity (Wildman–Crippen MR) is 47.7 cm³/mol. The molecule has 3 N–H and O–H groups in total. The molecule has 0 saturated carbocycles. The van der Waals surface area contributed by atoms with Gasteiger partial charge in [0.15, 0.2) is 6.79 Å². The first-order valence-corrected chi connectivity index (χ1v) is 4.06. The Morgan fingerprint density at radius 2 is 2.29 bits per heavy atom. The van der Waals surface area contributed by atoms with Crippen molar-refractivity contribution in [3.05, 3.63) is 29.1 Å². The highest BCUT2D eigenvalue weighted by molar-refractivity contribution is 5.98. The lowest BCUT2D eigenvalue weighted by atomic mass is 10.1. The summed E-state index contributed by atoms with van der Waals surface area (Å²) in [5.41, 5.74) is 6.17. The van der Waals surface area contributed by atoms with Crippen molar-refractivity contribution in [2.75, 3.05) is 6.79 Å². The number of nitrogen functional groups attached to an aromatic ring is 1. The van der Waals surface area contributed by atoms with Gasteiger partial charge in [0.05, 0.1) is 12.2 Å². The van der Waals surface area contributed by atoms with Gasteiger partial charge in [-0.3, -0.25) is 5.41 Å². The van der Waals surface area contributed by atoms with E-state index in [0.29, 0.717) is 11.3 Å². The van der Waals surface area contributed by atoms with E-state index in [1.54, 1.807) is 0 Å². The second-order valence-electron chi connectivity index (χ2n) is 2.97. The number of hydrogen-bond acceptors (Lipinski definition) is 3. The molecular weight excluding hydrogens is 187 g/mol. The lowest BCUT2D eigenvalue weighted by molar-refractivity contribution is -0.0167. The van der Waals surface area contributed by atoms with Crippen molar-refractivity contribution in [2.24, 2.45) is 5.73 Å². The van der Waals surface area contributed by atoms with Crippen LogP contribution in [-0.4, -0.2) is 12.6 Å². The molecule has 0 spiro atoms. The summed E-state index contributed by atoms with van der Waals surface area (Å²) in [5, 5.41) is 7.26. The Bertz CT molecular complexity index is 393. The fourth-order valence-corrected chi connectivity index (χ4v) is 1.38. The maximum absolute atomic E-state index is 13.1. The van der Waals surface area contributed by atoms with Gasteiger partial charge in [-0.1, -0.05) is 0 Å². The van der Waals surface area contributed by atoms with Gasteiger partial charge in [-0.25, -0.2) is 4.39 Å². The van der Waals surface area contributed by atoms with Gasteiger partial charge in [-0.2, -0.15) is 0 Å². The first kappa shape index (κ1) is 8.96. The van der Waals surface area contributed by atoms with E-state index in [9.17, 15) is 4.39 Å². The van der Waals surface area contributed by atoms with Crippen molar-refractivity contribution in [2.45, 2.75) is 6.61 Å². The summed E-state index contributed by atoms with van der Waals surface area (Å²) >= 11 is 0. The van der Waals surface area contributed by atoms with E-state index in [2.05, 4.69) is 0 Å². The SMILES string of the molecule is N=C(N)c1cc(F)cc2c1OCOC2. The zero-order chi connectivity index (χ0) is 10.1. The summed E-state index contributed by atoms with van der Waals surface area (Å²) in [6.45, 7) is 0.395. The molecule has 0 aliphatic carbocycles. The van der Waals surface area contributed by atoms with Crippen molar-refractivity contribution >= 4 is 5.84 Å². The minimum atomic E-state index is -0.442. The van der Waals surface area contributed by atoms with E-state index in [1.807, 2.05) is 0 Å². The number of hydrogen-bond donors (Lipinski definition) is 2. The molecule has 0 fully saturated rings. The summed E-state index contributed by atoms with van der Waals surface area (Å²) < 4.78 is 23.2. The fraction of sp³-hybridized carbons (Fsp3) is 0.222. The molecule has 74 valence electrons. The second kappa shape index (κ2) is 3.26. The van der Waals surface area contributed by atoms with Gasteiger partial charge in [-0.15, -0.1) is 0 Å². The molecule has 0 radical (unpaired) electrons. The number of fused-ring (bicyclic) bond motifs is 1. The fourth-order valence-electron chi connectivity index (χ4n) is 1.38. The maximum atomic E-state index is 13.1. The van der Waals surface area contributed by atoms with Crippen LogP contribution >= 0.6 is 0 Å². The maximum Gasteiger partial charge on any atom is 0.189 e. The highest BCUT2D eigenvalue weighted by Crippen LogP contribution is 2.28. The summed E-state index contributed by atoms with van der Waals surface area (Å²) in [6, 6.07) is 2.51. The molecule has 1 aromatic rings. The lowest BCUT2D eigenvalue weighted by Crippen LogP contribution is -2.19.